The molecular formula is C14H20BrN2+. The number of aliphatic imine (C=N–C) groups is 1. The predicted molar refractivity (Wildman–Crippen MR) is 75.0 cm³/mol. The van der Waals surface area contributed by atoms with Gasteiger partial charge >= 0.3 is 5.82 Å². The molecule has 2 nitrogen and oxygen atoms in total. The highest BCUT2D eigenvalue weighted by Gasteiger charge is 2.41. The highest BCUT2D eigenvalue weighted by molar-refractivity contribution is 9.10. The Morgan fingerprint density at radius 3 is 2.76 bits per heavy atom. The zero-order valence-electron chi connectivity index (χ0n) is 11.0. The molecule has 1 aliphatic heterocycles. The zero-order chi connectivity index (χ0) is 12.6. The van der Waals surface area contributed by atoms with Crippen LogP contribution in [0.2, 0.25) is 0 Å². The number of rotatable bonds is 3. The van der Waals surface area contributed by atoms with Crippen molar-refractivity contribution in [3.63, 3.8) is 0 Å². The minimum atomic E-state index is 0.0626. The number of aromatic nitrogens is 1. The molecule has 0 radical (unpaired) electrons. The summed E-state index contributed by atoms with van der Waals surface area (Å²) in [5.74, 6) is 1.14. The first-order valence-electron chi connectivity index (χ1n) is 6.26. The maximum absolute atomic E-state index is 4.76. The lowest BCUT2D eigenvalue weighted by Crippen LogP contribution is -2.35. The number of hydrogen-bond donors (Lipinski definition) is 0. The molecule has 0 fully saturated rings. The van der Waals surface area contributed by atoms with Crippen molar-refractivity contribution >= 4 is 27.5 Å². The predicted octanol–water partition coefficient (Wildman–Crippen LogP) is 3.92. The second kappa shape index (κ2) is 4.52. The summed E-state index contributed by atoms with van der Waals surface area (Å²) in [5.41, 5.74) is 2.60. The molecule has 0 unspecified atom stereocenters. The molecule has 0 saturated heterocycles. The molecule has 92 valence electrons. The molecule has 0 N–H and O–H groups in total. The average molecular weight is 296 g/mol. The van der Waals surface area contributed by atoms with Gasteiger partial charge < -0.3 is 0 Å². The van der Waals surface area contributed by atoms with Gasteiger partial charge in [0.2, 0.25) is 0 Å². The number of fused-ring (bicyclic) bond motifs is 1. The summed E-state index contributed by atoms with van der Waals surface area (Å²) in [5, 5.41) is 0. The molecular weight excluding hydrogens is 276 g/mol. The van der Waals surface area contributed by atoms with Crippen molar-refractivity contribution in [2.24, 2.45) is 4.99 Å². The average Bonchev–Trinajstić information content (AvgIpc) is 2.49. The second-order valence-electron chi connectivity index (χ2n) is 5.26. The lowest BCUT2D eigenvalue weighted by Gasteiger charge is -2.16. The van der Waals surface area contributed by atoms with E-state index >= 15 is 0 Å². The number of hydrogen-bond acceptors (Lipinski definition) is 1. The normalized spacial score (nSPS) is 16.9. The first-order chi connectivity index (χ1) is 7.96. The minimum Gasteiger partial charge on any atom is -0.230 e. The van der Waals surface area contributed by atoms with Gasteiger partial charge in [0.1, 0.15) is 11.9 Å². The van der Waals surface area contributed by atoms with Gasteiger partial charge in [-0.15, -0.1) is 0 Å². The van der Waals surface area contributed by atoms with Gasteiger partial charge in [-0.2, -0.15) is 0 Å². The van der Waals surface area contributed by atoms with Crippen molar-refractivity contribution in [2.75, 3.05) is 0 Å². The quantitative estimate of drug-likeness (QED) is 0.752. The third kappa shape index (κ3) is 2.17. The summed E-state index contributed by atoms with van der Waals surface area (Å²) in [4.78, 5) is 4.76. The van der Waals surface area contributed by atoms with Gasteiger partial charge in [-0.05, 0) is 54.2 Å². The molecule has 2 rings (SSSR count). The molecule has 0 bridgehead atoms. The number of unbranched alkanes of at least 4 members (excludes halogenated alkanes) is 1. The van der Waals surface area contributed by atoms with E-state index in [4.69, 9.17) is 4.99 Å². The van der Waals surface area contributed by atoms with Crippen LogP contribution >= 0.6 is 15.9 Å². The van der Waals surface area contributed by atoms with Crippen LogP contribution in [-0.4, -0.2) is 5.71 Å². The van der Waals surface area contributed by atoms with Crippen LogP contribution in [0.25, 0.3) is 0 Å². The first kappa shape index (κ1) is 12.7. The Labute approximate surface area is 112 Å². The Balaban J connectivity index is 2.51. The molecule has 3 heteroatoms. The van der Waals surface area contributed by atoms with E-state index in [9.17, 15) is 0 Å². The topological polar surface area (TPSA) is 16.2 Å². The van der Waals surface area contributed by atoms with E-state index < -0.39 is 0 Å². The molecule has 0 spiro atoms. The van der Waals surface area contributed by atoms with E-state index in [0.717, 1.165) is 16.8 Å². The Morgan fingerprint density at radius 1 is 1.41 bits per heavy atom. The van der Waals surface area contributed by atoms with Crippen LogP contribution < -0.4 is 4.57 Å². The van der Waals surface area contributed by atoms with Gasteiger partial charge in [-0.1, -0.05) is 13.3 Å². The van der Waals surface area contributed by atoms with Crippen LogP contribution in [0.5, 0.6) is 0 Å². The number of nitrogens with zero attached hydrogens (tertiary/aromatic N) is 2. The Hall–Kier alpha value is -0.700. The Morgan fingerprint density at radius 2 is 2.12 bits per heavy atom. The second-order valence-corrected chi connectivity index (χ2v) is 6.18. The monoisotopic (exact) mass is 295 g/mol. The fraction of sp³-hybridized carbons (Fsp3) is 0.571. The maximum atomic E-state index is 4.76. The number of pyridine rings is 1. The molecule has 0 aliphatic carbocycles. The van der Waals surface area contributed by atoms with Crippen molar-refractivity contribution in [3.8, 4) is 0 Å². The van der Waals surface area contributed by atoms with Gasteiger partial charge in [0, 0.05) is 0 Å². The van der Waals surface area contributed by atoms with E-state index in [2.05, 4.69) is 60.5 Å². The SMILES string of the molecule is CCCC[n+]1cc(Br)cc2c1N=C(C)C2(C)C. The molecule has 2 heterocycles. The Kier molecular flexibility index (Phi) is 3.39. The zero-order valence-corrected chi connectivity index (χ0v) is 12.6. The lowest BCUT2D eigenvalue weighted by molar-refractivity contribution is -0.685. The molecule has 0 amide bonds. The smallest absolute Gasteiger partial charge is 0.230 e. The molecule has 0 atom stereocenters. The van der Waals surface area contributed by atoms with Gasteiger partial charge in [0.05, 0.1) is 22.0 Å². The lowest BCUT2D eigenvalue weighted by atomic mass is 9.83. The van der Waals surface area contributed by atoms with E-state index in [1.807, 2.05) is 0 Å². The van der Waals surface area contributed by atoms with Crippen molar-refractivity contribution in [1.29, 1.82) is 0 Å². The van der Waals surface area contributed by atoms with E-state index in [-0.39, 0.29) is 5.41 Å². The Bertz CT molecular complexity index is 475. The van der Waals surface area contributed by atoms with Crippen LogP contribution in [0.4, 0.5) is 5.82 Å². The van der Waals surface area contributed by atoms with Crippen LogP contribution in [0.3, 0.4) is 0 Å². The highest BCUT2D eigenvalue weighted by Crippen LogP contribution is 2.38. The molecule has 0 saturated carbocycles. The van der Waals surface area contributed by atoms with E-state index in [1.54, 1.807) is 0 Å². The minimum absolute atomic E-state index is 0.0626. The van der Waals surface area contributed by atoms with Gasteiger partial charge in [-0.25, -0.2) is 4.57 Å². The van der Waals surface area contributed by atoms with Crippen molar-refractivity contribution in [3.05, 3.63) is 22.3 Å². The van der Waals surface area contributed by atoms with Gasteiger partial charge in [0.15, 0.2) is 0 Å². The summed E-state index contributed by atoms with van der Waals surface area (Å²) in [6.07, 6.45) is 4.55. The van der Waals surface area contributed by atoms with Gasteiger partial charge in [0.25, 0.3) is 0 Å². The first-order valence-corrected chi connectivity index (χ1v) is 7.05. The molecule has 1 aromatic heterocycles. The third-order valence-electron chi connectivity index (χ3n) is 3.68. The van der Waals surface area contributed by atoms with Crippen molar-refractivity contribution in [2.45, 2.75) is 52.5 Å². The largest absolute Gasteiger partial charge is 0.327 e. The number of aryl methyl sites for hydroxylation is 1. The molecule has 17 heavy (non-hydrogen) atoms. The van der Waals surface area contributed by atoms with Crippen molar-refractivity contribution < 1.29 is 4.57 Å². The fourth-order valence-corrected chi connectivity index (χ4v) is 2.66. The summed E-state index contributed by atoms with van der Waals surface area (Å²) in [7, 11) is 0. The fourth-order valence-electron chi connectivity index (χ4n) is 2.18. The molecule has 1 aromatic rings. The summed E-state index contributed by atoms with van der Waals surface area (Å²) < 4.78 is 3.42. The van der Waals surface area contributed by atoms with E-state index in [1.165, 1.54) is 24.1 Å². The van der Waals surface area contributed by atoms with Crippen LogP contribution in [-0.2, 0) is 12.0 Å². The highest BCUT2D eigenvalue weighted by atomic mass is 79.9. The van der Waals surface area contributed by atoms with Crippen LogP contribution in [0.15, 0.2) is 21.7 Å². The van der Waals surface area contributed by atoms with E-state index in [0.29, 0.717) is 0 Å². The maximum Gasteiger partial charge on any atom is 0.327 e. The molecule has 1 aliphatic rings. The van der Waals surface area contributed by atoms with Crippen LogP contribution in [0.1, 0.15) is 46.1 Å². The summed E-state index contributed by atoms with van der Waals surface area (Å²) in [6.45, 7) is 9.88. The molecule has 0 aromatic carbocycles. The van der Waals surface area contributed by atoms with Gasteiger partial charge in [-0.3, -0.25) is 0 Å². The standard InChI is InChI=1S/C14H20BrN2/c1-5-6-7-17-9-11(15)8-12-13(17)16-10(2)14(12,3)4/h8-9H,5-7H2,1-4H3/q+1. The number of halogens is 1. The summed E-state index contributed by atoms with van der Waals surface area (Å²) >= 11 is 3.61. The van der Waals surface area contributed by atoms with Crippen molar-refractivity contribution in [1.82, 2.24) is 0 Å². The summed E-state index contributed by atoms with van der Waals surface area (Å²) in [6, 6.07) is 2.21. The van der Waals surface area contributed by atoms with Crippen LogP contribution in [0, 0.1) is 0 Å². The third-order valence-corrected chi connectivity index (χ3v) is 4.11.